The summed E-state index contributed by atoms with van der Waals surface area (Å²) in [6, 6.07) is 7.20. The summed E-state index contributed by atoms with van der Waals surface area (Å²) in [7, 11) is 0. The number of ether oxygens (including phenoxy) is 1. The quantitative estimate of drug-likeness (QED) is 0.721. The van der Waals surface area contributed by atoms with Crippen LogP contribution in [-0.4, -0.2) is 40.6 Å². The van der Waals surface area contributed by atoms with Crippen molar-refractivity contribution in [2.24, 2.45) is 5.92 Å². The van der Waals surface area contributed by atoms with Crippen LogP contribution in [0.1, 0.15) is 46.6 Å². The normalized spacial score (nSPS) is 22.4. The van der Waals surface area contributed by atoms with Crippen molar-refractivity contribution in [1.82, 2.24) is 15.1 Å². The Morgan fingerprint density at radius 3 is 2.75 bits per heavy atom. The molecular formula is C19H22Cl3N3O3. The molecule has 0 bridgehead atoms. The first-order chi connectivity index (χ1) is 13.0. The van der Waals surface area contributed by atoms with E-state index in [1.807, 2.05) is 12.1 Å². The van der Waals surface area contributed by atoms with Gasteiger partial charge in [0.1, 0.15) is 5.69 Å². The molecular weight excluding hydrogens is 425 g/mol. The molecule has 28 heavy (non-hydrogen) atoms. The second kappa shape index (κ2) is 9.01. The number of hydrogen-bond donors (Lipinski definition) is 2. The van der Waals surface area contributed by atoms with Crippen molar-refractivity contribution in [3.05, 3.63) is 51.3 Å². The number of aromatic carboxylic acids is 1. The average molecular weight is 447 g/mol. The number of rotatable bonds is 5. The van der Waals surface area contributed by atoms with Crippen LogP contribution in [0.2, 0.25) is 10.0 Å². The zero-order chi connectivity index (χ0) is 19.0. The molecule has 0 unspecified atom stereocenters. The minimum Gasteiger partial charge on any atom is -0.477 e. The number of carbonyl (C=O) groups is 1. The number of halogens is 3. The second-order valence-corrected chi connectivity index (χ2v) is 7.96. The molecule has 1 saturated heterocycles. The number of hydrogen-bond acceptors (Lipinski definition) is 4. The number of nitrogens with zero attached hydrogens (tertiary/aromatic N) is 2. The Morgan fingerprint density at radius 1 is 1.29 bits per heavy atom. The first-order valence-corrected chi connectivity index (χ1v) is 9.87. The van der Waals surface area contributed by atoms with Gasteiger partial charge in [-0.1, -0.05) is 29.3 Å². The molecule has 0 amide bonds. The van der Waals surface area contributed by atoms with Gasteiger partial charge in [-0.15, -0.1) is 12.4 Å². The van der Waals surface area contributed by atoms with Gasteiger partial charge in [-0.3, -0.25) is 4.68 Å². The van der Waals surface area contributed by atoms with Crippen LogP contribution in [0.5, 0.6) is 0 Å². The minimum absolute atomic E-state index is 0. The highest BCUT2D eigenvalue weighted by molar-refractivity contribution is 6.42. The Morgan fingerprint density at radius 2 is 2.07 bits per heavy atom. The van der Waals surface area contributed by atoms with Gasteiger partial charge in [0.15, 0.2) is 0 Å². The zero-order valence-corrected chi connectivity index (χ0v) is 17.4. The van der Waals surface area contributed by atoms with Gasteiger partial charge in [0, 0.05) is 31.5 Å². The van der Waals surface area contributed by atoms with E-state index in [0.717, 1.165) is 30.6 Å². The van der Waals surface area contributed by atoms with Crippen LogP contribution in [0, 0.1) is 5.92 Å². The molecule has 2 N–H and O–H groups in total. The molecule has 6 nitrogen and oxygen atoms in total. The fourth-order valence-electron chi connectivity index (χ4n) is 3.56. The third-order valence-corrected chi connectivity index (χ3v) is 5.84. The molecule has 1 aliphatic carbocycles. The average Bonchev–Trinajstić information content (AvgIpc) is 3.43. The van der Waals surface area contributed by atoms with Crippen LogP contribution >= 0.6 is 35.6 Å². The molecule has 1 saturated carbocycles. The van der Waals surface area contributed by atoms with Gasteiger partial charge in [-0.2, -0.15) is 5.10 Å². The van der Waals surface area contributed by atoms with Crippen LogP contribution in [0.15, 0.2) is 24.3 Å². The summed E-state index contributed by atoms with van der Waals surface area (Å²) >= 11 is 12.2. The van der Waals surface area contributed by atoms with Gasteiger partial charge in [0.2, 0.25) is 0 Å². The highest BCUT2D eigenvalue weighted by atomic mass is 35.5. The lowest BCUT2D eigenvalue weighted by Crippen LogP contribution is -2.29. The molecule has 2 aliphatic rings. The van der Waals surface area contributed by atoms with Gasteiger partial charge >= 0.3 is 5.97 Å². The Kier molecular flexibility index (Phi) is 6.89. The fourth-order valence-corrected chi connectivity index (χ4v) is 3.86. The predicted octanol–water partition coefficient (Wildman–Crippen LogP) is 4.16. The van der Waals surface area contributed by atoms with Gasteiger partial charge < -0.3 is 15.2 Å². The molecule has 2 heterocycles. The molecule has 1 aromatic heterocycles. The van der Waals surface area contributed by atoms with E-state index in [0.29, 0.717) is 35.7 Å². The molecule has 0 radical (unpaired) electrons. The summed E-state index contributed by atoms with van der Waals surface area (Å²) in [5.41, 5.74) is 2.04. The number of benzene rings is 1. The number of carboxylic acids is 1. The lowest BCUT2D eigenvalue weighted by atomic mass is 9.95. The summed E-state index contributed by atoms with van der Waals surface area (Å²) in [5.74, 6) is -0.545. The lowest BCUT2D eigenvalue weighted by molar-refractivity contribution is 0.0236. The van der Waals surface area contributed by atoms with E-state index in [2.05, 4.69) is 10.4 Å². The highest BCUT2D eigenvalue weighted by Gasteiger charge is 2.32. The Balaban J connectivity index is 0.00000225. The topological polar surface area (TPSA) is 76.4 Å². The summed E-state index contributed by atoms with van der Waals surface area (Å²) in [6.45, 7) is 2.46. The smallest absolute Gasteiger partial charge is 0.354 e. The molecule has 2 fully saturated rings. The molecule has 9 heteroatoms. The molecule has 0 spiro atoms. The molecule has 2 aromatic rings. The summed E-state index contributed by atoms with van der Waals surface area (Å²) in [4.78, 5) is 11.7. The van der Waals surface area contributed by atoms with E-state index >= 15 is 0 Å². The van der Waals surface area contributed by atoms with Crippen LogP contribution < -0.4 is 5.32 Å². The first kappa shape index (κ1) is 21.4. The van der Waals surface area contributed by atoms with Crippen LogP contribution in [0.25, 0.3) is 0 Å². The van der Waals surface area contributed by atoms with Crippen molar-refractivity contribution in [2.75, 3.05) is 19.7 Å². The SMILES string of the molecule is Cl.O=C(O)c1cc(C2CC2)nn1C[C@@H]1CNCCO[C@H]1c1ccc(Cl)c(Cl)c1. The Hall–Kier alpha value is -1.31. The fraction of sp³-hybridized carbons (Fsp3) is 0.474. The van der Waals surface area contributed by atoms with Crippen molar-refractivity contribution >= 4 is 41.6 Å². The predicted molar refractivity (Wildman–Crippen MR) is 110 cm³/mol. The summed E-state index contributed by atoms with van der Waals surface area (Å²) in [5, 5.41) is 18.5. The summed E-state index contributed by atoms with van der Waals surface area (Å²) < 4.78 is 7.70. The van der Waals surface area contributed by atoms with E-state index in [1.54, 1.807) is 16.8 Å². The van der Waals surface area contributed by atoms with Crippen LogP contribution in [0.4, 0.5) is 0 Å². The number of carboxylic acid groups (broad SMARTS) is 1. The van der Waals surface area contributed by atoms with Gasteiger partial charge in [-0.25, -0.2) is 4.79 Å². The Bertz CT molecular complexity index is 854. The molecule has 2 atom stereocenters. The van der Waals surface area contributed by atoms with E-state index in [1.165, 1.54) is 0 Å². The summed E-state index contributed by atoms with van der Waals surface area (Å²) in [6.07, 6.45) is 1.94. The molecule has 1 aromatic carbocycles. The first-order valence-electron chi connectivity index (χ1n) is 9.11. The van der Waals surface area contributed by atoms with Gasteiger partial charge in [0.05, 0.1) is 28.5 Å². The Labute approximate surface area is 179 Å². The maximum Gasteiger partial charge on any atom is 0.354 e. The second-order valence-electron chi connectivity index (χ2n) is 7.15. The standard InChI is InChI=1S/C19H21Cl2N3O3.ClH/c20-14-4-3-12(7-15(14)21)18-13(9-22-5-6-27-18)10-24-17(19(25)26)8-16(23-24)11-1-2-11;/h3-4,7-8,11,13,18,22H,1-2,5-6,9-10H2,(H,25,26);1H/t13-,18-;/m0./s1. The van der Waals surface area contributed by atoms with E-state index in [9.17, 15) is 9.90 Å². The van der Waals surface area contributed by atoms with E-state index in [-0.39, 0.29) is 30.1 Å². The minimum atomic E-state index is -0.956. The zero-order valence-electron chi connectivity index (χ0n) is 15.1. The largest absolute Gasteiger partial charge is 0.477 e. The monoisotopic (exact) mass is 445 g/mol. The van der Waals surface area contributed by atoms with E-state index in [4.69, 9.17) is 27.9 Å². The molecule has 4 rings (SSSR count). The maximum absolute atomic E-state index is 11.7. The van der Waals surface area contributed by atoms with Crippen molar-refractivity contribution in [3.63, 3.8) is 0 Å². The number of nitrogens with one attached hydrogen (secondary N) is 1. The van der Waals surface area contributed by atoms with Crippen molar-refractivity contribution < 1.29 is 14.6 Å². The van der Waals surface area contributed by atoms with Crippen molar-refractivity contribution in [3.8, 4) is 0 Å². The third kappa shape index (κ3) is 4.63. The molecule has 152 valence electrons. The van der Waals surface area contributed by atoms with Crippen molar-refractivity contribution in [2.45, 2.75) is 31.4 Å². The lowest BCUT2D eigenvalue weighted by Gasteiger charge is -2.26. The van der Waals surface area contributed by atoms with Crippen molar-refractivity contribution in [1.29, 1.82) is 0 Å². The van der Waals surface area contributed by atoms with Gasteiger partial charge in [-0.05, 0) is 36.6 Å². The van der Waals surface area contributed by atoms with E-state index < -0.39 is 5.97 Å². The third-order valence-electron chi connectivity index (χ3n) is 5.10. The van der Waals surface area contributed by atoms with Crippen LogP contribution in [0.3, 0.4) is 0 Å². The highest BCUT2D eigenvalue weighted by Crippen LogP contribution is 2.40. The van der Waals surface area contributed by atoms with Gasteiger partial charge in [0.25, 0.3) is 0 Å². The van der Waals surface area contributed by atoms with Crippen LogP contribution in [-0.2, 0) is 11.3 Å². The number of aromatic nitrogens is 2. The molecule has 1 aliphatic heterocycles. The maximum atomic E-state index is 11.7.